The second-order valence-electron chi connectivity index (χ2n) is 5.94. The van der Waals surface area contributed by atoms with Crippen molar-refractivity contribution in [2.24, 2.45) is 0 Å². The summed E-state index contributed by atoms with van der Waals surface area (Å²) in [6.07, 6.45) is 4.59. The number of carbonyl (C=O) groups excluding carboxylic acids is 1. The van der Waals surface area contributed by atoms with Gasteiger partial charge in [0.1, 0.15) is 10.1 Å². The Morgan fingerprint density at radius 1 is 1.30 bits per heavy atom. The molecule has 7 heteroatoms. The average Bonchev–Trinajstić information content (AvgIpc) is 3.16. The van der Waals surface area contributed by atoms with Crippen LogP contribution in [0.4, 0.5) is 5.69 Å². The van der Waals surface area contributed by atoms with E-state index in [-0.39, 0.29) is 5.91 Å². The molecule has 1 saturated heterocycles. The number of thiocarbonyl (C=S) groups is 1. The molecule has 0 N–H and O–H groups in total. The van der Waals surface area contributed by atoms with Crippen LogP contribution in [-0.4, -0.2) is 35.3 Å². The van der Waals surface area contributed by atoms with Crippen LogP contribution >= 0.6 is 35.7 Å². The van der Waals surface area contributed by atoms with Crippen LogP contribution in [0.2, 0.25) is 0 Å². The van der Waals surface area contributed by atoms with Crippen molar-refractivity contribution in [1.29, 1.82) is 0 Å². The predicted molar refractivity (Wildman–Crippen MR) is 119 cm³/mol. The van der Waals surface area contributed by atoms with Gasteiger partial charge in [0.05, 0.1) is 22.7 Å². The molecule has 4 nitrogen and oxygen atoms in total. The van der Waals surface area contributed by atoms with Crippen molar-refractivity contribution >= 4 is 51.7 Å². The minimum atomic E-state index is -0.0242. The predicted octanol–water partition coefficient (Wildman–Crippen LogP) is 5.18. The van der Waals surface area contributed by atoms with Crippen LogP contribution in [0.25, 0.3) is 0 Å². The number of ether oxygens (including phenoxy) is 1. The number of carbonyl (C=O) groups is 1. The maximum Gasteiger partial charge on any atom is 0.266 e. The number of nitrogens with zero attached hydrogens (tertiary/aromatic N) is 2. The van der Waals surface area contributed by atoms with Gasteiger partial charge < -0.3 is 9.64 Å². The van der Waals surface area contributed by atoms with Crippen LogP contribution in [0.3, 0.4) is 0 Å². The third-order valence-corrected chi connectivity index (χ3v) is 7.00. The van der Waals surface area contributed by atoms with Crippen molar-refractivity contribution in [3.8, 4) is 5.75 Å². The number of thioether (sulfide) groups is 2. The molecule has 27 heavy (non-hydrogen) atoms. The Kier molecular flexibility index (Phi) is 6.34. The molecular formula is C20H22N2O2S3. The van der Waals surface area contributed by atoms with Gasteiger partial charge >= 0.3 is 0 Å². The highest BCUT2D eigenvalue weighted by Crippen LogP contribution is 2.48. The van der Waals surface area contributed by atoms with E-state index in [1.165, 1.54) is 16.7 Å². The summed E-state index contributed by atoms with van der Waals surface area (Å²) in [6, 6.07) is 6.11. The third-order valence-electron chi connectivity index (χ3n) is 4.38. The first-order valence-corrected chi connectivity index (χ1v) is 10.8. The Hall–Kier alpha value is -1.70. The van der Waals surface area contributed by atoms with Gasteiger partial charge in [-0.25, -0.2) is 0 Å². The fourth-order valence-corrected chi connectivity index (χ4v) is 5.56. The number of hydrogen-bond donors (Lipinski definition) is 0. The monoisotopic (exact) mass is 418 g/mol. The van der Waals surface area contributed by atoms with Crippen LogP contribution in [0, 0.1) is 0 Å². The average molecular weight is 419 g/mol. The van der Waals surface area contributed by atoms with E-state index in [4.69, 9.17) is 17.0 Å². The van der Waals surface area contributed by atoms with Crippen molar-refractivity contribution in [1.82, 2.24) is 4.90 Å². The standard InChI is InChI=1S/C20H22N2O2S3/c1-5-10-22-19(23)18(27-20(22)25)13(6-2)11-17-21(7-3)15-12-14(24-4)8-9-16(15)26-17/h5,8-9,11-12H,1,6-7,10H2,2-4H3. The molecule has 1 amide bonds. The van der Waals surface area contributed by atoms with Crippen LogP contribution < -0.4 is 9.64 Å². The topological polar surface area (TPSA) is 32.8 Å². The zero-order chi connectivity index (χ0) is 19.6. The quantitative estimate of drug-likeness (QED) is 0.360. The highest BCUT2D eigenvalue weighted by molar-refractivity contribution is 8.26. The molecule has 2 aliphatic rings. The van der Waals surface area contributed by atoms with Gasteiger partial charge in [0.25, 0.3) is 5.91 Å². The second kappa shape index (κ2) is 8.54. The molecule has 1 aromatic carbocycles. The lowest BCUT2D eigenvalue weighted by molar-refractivity contribution is -0.121. The van der Waals surface area contributed by atoms with Crippen molar-refractivity contribution in [2.75, 3.05) is 25.1 Å². The maximum atomic E-state index is 12.8. The Morgan fingerprint density at radius 2 is 2.07 bits per heavy atom. The lowest BCUT2D eigenvalue weighted by atomic mass is 10.1. The van der Waals surface area contributed by atoms with E-state index in [1.807, 2.05) is 6.07 Å². The normalized spacial score (nSPS) is 19.7. The summed E-state index contributed by atoms with van der Waals surface area (Å²) < 4.78 is 5.97. The largest absolute Gasteiger partial charge is 0.497 e. The van der Waals surface area contributed by atoms with Gasteiger partial charge in [-0.15, -0.1) is 6.58 Å². The zero-order valence-electron chi connectivity index (χ0n) is 15.7. The number of amides is 1. The highest BCUT2D eigenvalue weighted by atomic mass is 32.2. The Morgan fingerprint density at radius 3 is 2.70 bits per heavy atom. The fraction of sp³-hybridized carbons (Fsp3) is 0.300. The van der Waals surface area contributed by atoms with Gasteiger partial charge in [0.15, 0.2) is 0 Å². The first-order chi connectivity index (χ1) is 13.0. The molecule has 142 valence electrons. The maximum absolute atomic E-state index is 12.8. The van der Waals surface area contributed by atoms with E-state index in [0.717, 1.165) is 39.9 Å². The lowest BCUT2D eigenvalue weighted by Gasteiger charge is -2.19. The number of rotatable bonds is 6. The molecule has 0 unspecified atom stereocenters. The molecule has 0 radical (unpaired) electrons. The van der Waals surface area contributed by atoms with E-state index >= 15 is 0 Å². The molecule has 0 spiro atoms. The first kappa shape index (κ1) is 20.0. The van der Waals surface area contributed by atoms with Gasteiger partial charge in [0.2, 0.25) is 0 Å². The van der Waals surface area contributed by atoms with Crippen molar-refractivity contribution in [3.63, 3.8) is 0 Å². The minimum absolute atomic E-state index is 0.0242. The smallest absolute Gasteiger partial charge is 0.266 e. The molecule has 1 fully saturated rings. The van der Waals surface area contributed by atoms with Crippen molar-refractivity contribution in [3.05, 3.63) is 52.4 Å². The molecule has 0 saturated carbocycles. The number of hydrogen-bond acceptors (Lipinski definition) is 6. The molecular weight excluding hydrogens is 396 g/mol. The summed E-state index contributed by atoms with van der Waals surface area (Å²) in [5.74, 6) is 0.818. The Bertz CT molecular complexity index is 861. The molecule has 0 aromatic heterocycles. The Balaban J connectivity index is 1.98. The fourth-order valence-electron chi connectivity index (χ4n) is 3.00. The van der Waals surface area contributed by atoms with Crippen molar-refractivity contribution in [2.45, 2.75) is 25.2 Å². The highest BCUT2D eigenvalue weighted by Gasteiger charge is 2.33. The summed E-state index contributed by atoms with van der Waals surface area (Å²) in [5.41, 5.74) is 2.15. The van der Waals surface area contributed by atoms with Gasteiger partial charge in [-0.1, -0.05) is 48.7 Å². The number of benzene rings is 1. The number of anilines is 1. The second-order valence-corrected chi connectivity index (χ2v) is 8.65. The van der Waals surface area contributed by atoms with Crippen LogP contribution in [0.15, 0.2) is 57.3 Å². The van der Waals surface area contributed by atoms with Gasteiger partial charge in [-0.3, -0.25) is 9.69 Å². The van der Waals surface area contributed by atoms with Crippen LogP contribution in [-0.2, 0) is 4.79 Å². The number of methoxy groups -OCH3 is 1. The summed E-state index contributed by atoms with van der Waals surface area (Å²) >= 11 is 8.48. The van der Waals surface area contributed by atoms with E-state index in [9.17, 15) is 4.79 Å². The van der Waals surface area contributed by atoms with Crippen molar-refractivity contribution < 1.29 is 9.53 Å². The zero-order valence-corrected chi connectivity index (χ0v) is 18.1. The summed E-state index contributed by atoms with van der Waals surface area (Å²) in [6.45, 7) is 9.19. The summed E-state index contributed by atoms with van der Waals surface area (Å²) in [7, 11) is 1.68. The molecule has 2 heterocycles. The summed E-state index contributed by atoms with van der Waals surface area (Å²) in [4.78, 5) is 18.6. The van der Waals surface area contributed by atoms with E-state index in [2.05, 4.69) is 43.5 Å². The molecule has 0 atom stereocenters. The third kappa shape index (κ3) is 3.81. The molecule has 3 rings (SSSR count). The molecule has 1 aromatic rings. The summed E-state index contributed by atoms with van der Waals surface area (Å²) in [5, 5.41) is 1.12. The number of fused-ring (bicyclic) bond motifs is 1. The van der Waals surface area contributed by atoms with Crippen LogP contribution in [0.1, 0.15) is 20.3 Å². The van der Waals surface area contributed by atoms with E-state index in [0.29, 0.717) is 10.9 Å². The van der Waals surface area contributed by atoms with E-state index in [1.54, 1.807) is 29.8 Å². The first-order valence-electron chi connectivity index (χ1n) is 8.76. The SMILES string of the molecule is C=CCN1C(=O)C(=C(C=C2Sc3ccc(OC)cc3N2CC)CC)SC1=S. The minimum Gasteiger partial charge on any atom is -0.497 e. The number of allylic oxidation sites excluding steroid dienone is 2. The Labute approximate surface area is 174 Å². The van der Waals surface area contributed by atoms with E-state index < -0.39 is 0 Å². The van der Waals surface area contributed by atoms with Gasteiger partial charge in [-0.2, -0.15) is 0 Å². The molecule has 0 bridgehead atoms. The lowest BCUT2D eigenvalue weighted by Crippen LogP contribution is -2.28. The van der Waals surface area contributed by atoms with Gasteiger partial charge in [0, 0.05) is 24.1 Å². The molecule has 0 aliphatic carbocycles. The van der Waals surface area contributed by atoms with Crippen LogP contribution in [0.5, 0.6) is 5.75 Å². The molecule has 2 aliphatic heterocycles. The van der Waals surface area contributed by atoms with Gasteiger partial charge in [-0.05, 0) is 37.1 Å².